The average molecular weight is 422 g/mol. The van der Waals surface area contributed by atoms with Crippen LogP contribution in [0.25, 0.3) is 0 Å². The molecule has 0 aromatic heterocycles. The van der Waals surface area contributed by atoms with E-state index in [-0.39, 0.29) is 0 Å². The van der Waals surface area contributed by atoms with E-state index in [1.165, 1.54) is 0 Å². The van der Waals surface area contributed by atoms with E-state index in [9.17, 15) is 60.6 Å². The minimum absolute atomic E-state index is 2.44. The van der Waals surface area contributed by atoms with Gasteiger partial charge in [-0.25, -0.2) is 0 Å². The van der Waals surface area contributed by atoms with Crippen molar-refractivity contribution in [3.05, 3.63) is 12.0 Å². The summed E-state index contributed by atoms with van der Waals surface area (Å²) in [5.74, 6) is -30.5. The third-order valence-corrected chi connectivity index (χ3v) is 3.60. The molecule has 1 saturated heterocycles. The minimum atomic E-state index is -7.89. The lowest BCUT2D eigenvalue weighted by atomic mass is 9.98. The van der Waals surface area contributed by atoms with Crippen molar-refractivity contribution in [1.82, 2.24) is 0 Å². The number of halogens is 12. The molecular formula is C8H2F12O4S. The minimum Gasteiger partial charge on any atom is -0.454 e. The zero-order valence-corrected chi connectivity index (χ0v) is 11.6. The Labute approximate surface area is 129 Å². The molecule has 1 aliphatic rings. The lowest BCUT2D eigenvalue weighted by molar-refractivity contribution is -0.397. The molecule has 0 aromatic rings. The second-order valence-electron chi connectivity index (χ2n) is 4.34. The van der Waals surface area contributed by atoms with E-state index in [0.717, 1.165) is 0 Å². The molecule has 17 heteroatoms. The third kappa shape index (κ3) is 2.75. The van der Waals surface area contributed by atoms with Crippen molar-refractivity contribution in [2.45, 2.75) is 28.9 Å². The Kier molecular flexibility index (Phi) is 4.70. The van der Waals surface area contributed by atoms with Crippen molar-refractivity contribution in [2.75, 3.05) is 6.61 Å². The number of hydrogen-bond acceptors (Lipinski definition) is 4. The topological polar surface area (TPSA) is 52.6 Å². The maximum Gasteiger partial charge on any atom is 0.442 e. The van der Waals surface area contributed by atoms with Crippen LogP contribution in [0.4, 0.5) is 52.2 Å². The zero-order valence-electron chi connectivity index (χ0n) is 10.8. The number of ether oxygens (including phenoxy) is 2. The van der Waals surface area contributed by atoms with Crippen LogP contribution in [-0.2, 0) is 19.7 Å². The number of hydrogen-bond donors (Lipinski definition) is 0. The summed E-state index contributed by atoms with van der Waals surface area (Å²) in [6.07, 6.45) is -3.21. The summed E-state index contributed by atoms with van der Waals surface area (Å²) in [6, 6.07) is 0. The molecule has 0 spiro atoms. The van der Waals surface area contributed by atoms with Gasteiger partial charge in [0.15, 0.2) is 6.61 Å². The van der Waals surface area contributed by atoms with Crippen LogP contribution in [0, 0.1) is 0 Å². The smallest absolute Gasteiger partial charge is 0.442 e. The van der Waals surface area contributed by atoms with Crippen LogP contribution in [0.3, 0.4) is 0 Å². The first-order chi connectivity index (χ1) is 10.8. The molecule has 1 fully saturated rings. The molecule has 0 saturated carbocycles. The summed E-state index contributed by atoms with van der Waals surface area (Å²) in [7, 11) is -7.89. The van der Waals surface area contributed by atoms with Gasteiger partial charge in [-0.15, -0.1) is 0 Å². The summed E-state index contributed by atoms with van der Waals surface area (Å²) in [5, 5.41) is -7.44. The predicted octanol–water partition coefficient (Wildman–Crippen LogP) is 3.56. The van der Waals surface area contributed by atoms with Crippen molar-refractivity contribution in [2.24, 2.45) is 0 Å². The van der Waals surface area contributed by atoms with Crippen molar-refractivity contribution < 1.29 is 70.1 Å². The highest BCUT2D eigenvalue weighted by Crippen LogP contribution is 2.59. The highest BCUT2D eigenvalue weighted by atomic mass is 32.3. The molecule has 0 aliphatic carbocycles. The molecule has 25 heavy (non-hydrogen) atoms. The van der Waals surface area contributed by atoms with Gasteiger partial charge in [0.05, 0.1) is 0 Å². The normalized spacial score (nSPS) is 23.3. The quantitative estimate of drug-likeness (QED) is 0.503. The molecule has 148 valence electrons. The molecule has 1 aliphatic heterocycles. The van der Waals surface area contributed by atoms with Crippen molar-refractivity contribution in [3.63, 3.8) is 0 Å². The number of alkyl halides is 9. The molecule has 0 radical (unpaired) electrons. The highest BCUT2D eigenvalue weighted by molar-refractivity contribution is 7.87. The molecule has 0 amide bonds. The van der Waals surface area contributed by atoms with E-state index < -0.39 is 57.7 Å². The molecule has 1 rings (SSSR count). The summed E-state index contributed by atoms with van der Waals surface area (Å²) in [6.45, 7) is -2.59. The maximum atomic E-state index is 13.6. The molecule has 1 heterocycles. The molecule has 1 unspecified atom stereocenters. The van der Waals surface area contributed by atoms with E-state index in [1.807, 2.05) is 0 Å². The van der Waals surface area contributed by atoms with Crippen LogP contribution in [-0.4, -0.2) is 43.9 Å². The van der Waals surface area contributed by atoms with Crippen LogP contribution < -0.4 is 0 Å². The molecule has 4 nitrogen and oxygen atoms in total. The predicted molar refractivity (Wildman–Crippen MR) is 49.9 cm³/mol. The van der Waals surface area contributed by atoms with Gasteiger partial charge in [0.25, 0.3) is 0 Å². The summed E-state index contributed by atoms with van der Waals surface area (Å²) < 4.78 is 181. The van der Waals surface area contributed by atoms with Gasteiger partial charge < -0.3 is 9.47 Å². The number of rotatable bonds is 5. The average Bonchev–Trinajstić information content (AvgIpc) is 2.81. The lowest BCUT2D eigenvalue weighted by Crippen LogP contribution is -2.69. The standard InChI is InChI=1S/C8H2F12O4S/c9-2(10)3-23-1-4(11,24-3)5(12,13)6(14,15)7(16,17)8(18,19)25(20,21)22/h1H2. The van der Waals surface area contributed by atoms with Crippen LogP contribution in [0.2, 0.25) is 0 Å². The van der Waals surface area contributed by atoms with Crippen LogP contribution in [0.1, 0.15) is 0 Å². The van der Waals surface area contributed by atoms with Crippen molar-refractivity contribution >= 4 is 10.2 Å². The van der Waals surface area contributed by atoms with Gasteiger partial charge >= 0.3 is 51.1 Å². The Morgan fingerprint density at radius 1 is 0.960 bits per heavy atom. The van der Waals surface area contributed by atoms with E-state index in [1.54, 1.807) is 0 Å². The Hall–Kier alpha value is -1.55. The Balaban J connectivity index is 3.48. The first-order valence-corrected chi connectivity index (χ1v) is 6.66. The highest BCUT2D eigenvalue weighted by Gasteiger charge is 2.90. The molecule has 1 atom stereocenters. The first-order valence-electron chi connectivity index (χ1n) is 5.28. The van der Waals surface area contributed by atoms with Gasteiger partial charge in [-0.2, -0.15) is 56.7 Å². The fourth-order valence-electron chi connectivity index (χ4n) is 1.38. The first kappa shape index (κ1) is 21.5. The largest absolute Gasteiger partial charge is 0.454 e. The maximum absolute atomic E-state index is 13.6. The van der Waals surface area contributed by atoms with Gasteiger partial charge in [0, 0.05) is 0 Å². The fourth-order valence-corrected chi connectivity index (χ4v) is 1.81. The second-order valence-corrected chi connectivity index (χ2v) is 5.73. The van der Waals surface area contributed by atoms with Gasteiger partial charge in [-0.1, -0.05) is 3.89 Å². The van der Waals surface area contributed by atoms with E-state index in [2.05, 4.69) is 9.47 Å². The van der Waals surface area contributed by atoms with Crippen molar-refractivity contribution in [1.29, 1.82) is 0 Å². The van der Waals surface area contributed by atoms with E-state index in [4.69, 9.17) is 0 Å². The Morgan fingerprint density at radius 2 is 1.40 bits per heavy atom. The molecule has 0 aromatic carbocycles. The van der Waals surface area contributed by atoms with Gasteiger partial charge in [-0.3, -0.25) is 0 Å². The lowest BCUT2D eigenvalue weighted by Gasteiger charge is -2.38. The summed E-state index contributed by atoms with van der Waals surface area (Å²) in [5.41, 5.74) is 0. The van der Waals surface area contributed by atoms with E-state index >= 15 is 0 Å². The molecule has 0 N–H and O–H groups in total. The van der Waals surface area contributed by atoms with Crippen LogP contribution >= 0.6 is 0 Å². The van der Waals surface area contributed by atoms with Crippen LogP contribution in [0.5, 0.6) is 0 Å². The molecule has 0 bridgehead atoms. The third-order valence-electron chi connectivity index (χ3n) is 2.73. The monoisotopic (exact) mass is 422 g/mol. The fraction of sp³-hybridized carbons (Fsp3) is 0.750. The van der Waals surface area contributed by atoms with Gasteiger partial charge in [0.1, 0.15) is 0 Å². The van der Waals surface area contributed by atoms with Crippen molar-refractivity contribution in [3.8, 4) is 0 Å². The zero-order chi connectivity index (χ0) is 20.3. The van der Waals surface area contributed by atoms with Crippen LogP contribution in [0.15, 0.2) is 12.0 Å². The van der Waals surface area contributed by atoms with Gasteiger partial charge in [0.2, 0.25) is 0 Å². The summed E-state index contributed by atoms with van der Waals surface area (Å²) >= 11 is 0. The second kappa shape index (κ2) is 5.47. The van der Waals surface area contributed by atoms with E-state index in [0.29, 0.717) is 0 Å². The van der Waals surface area contributed by atoms with Gasteiger partial charge in [-0.05, 0) is 0 Å². The molecular weight excluding hydrogens is 420 g/mol. The Bertz CT molecular complexity index is 681. The SMILES string of the molecule is O=S(=O)(F)C(F)(F)C(F)(F)C(F)(F)C(F)(F)C1(F)COC(=C(F)F)O1. The summed E-state index contributed by atoms with van der Waals surface area (Å²) in [4.78, 5) is 0. The Morgan fingerprint density at radius 3 is 1.72 bits per heavy atom.